The van der Waals surface area contributed by atoms with E-state index >= 15 is 0 Å². The maximum atomic E-state index is 13.9. The number of nitrogens with one attached hydrogen (secondary N) is 1. The molecular weight excluding hydrogens is 245 g/mol. The second-order valence-electron chi connectivity index (χ2n) is 5.65. The molecule has 4 heteroatoms. The second-order valence-corrected chi connectivity index (χ2v) is 5.65. The van der Waals surface area contributed by atoms with Crippen LogP contribution in [0.2, 0.25) is 0 Å². The lowest BCUT2D eigenvalue weighted by Crippen LogP contribution is -2.45. The molecule has 0 amide bonds. The monoisotopic (exact) mass is 265 g/mol. The molecular formula is C15H20FNO2. The number of hydrogen-bond acceptors (Lipinski definition) is 3. The van der Waals surface area contributed by atoms with E-state index in [1.807, 2.05) is 19.1 Å². The largest absolute Gasteiger partial charge is 0.380 e. The van der Waals surface area contributed by atoms with E-state index in [4.69, 9.17) is 9.47 Å². The zero-order valence-electron chi connectivity index (χ0n) is 11.2. The van der Waals surface area contributed by atoms with E-state index in [0.29, 0.717) is 18.9 Å². The lowest BCUT2D eigenvalue weighted by Gasteiger charge is -2.37. The number of rotatable bonds is 2. The van der Waals surface area contributed by atoms with Gasteiger partial charge in [0.25, 0.3) is 0 Å². The summed E-state index contributed by atoms with van der Waals surface area (Å²) in [4.78, 5) is 0. The maximum Gasteiger partial charge on any atom is 0.146 e. The number of hydrogen-bond donors (Lipinski definition) is 1. The molecule has 3 rings (SSSR count). The van der Waals surface area contributed by atoms with Crippen molar-refractivity contribution in [2.24, 2.45) is 0 Å². The standard InChI is InChI=1S/C15H20FNO2/c1-11-2-3-14(13(16)8-11)17-12-4-6-19-15(9-12)5-7-18-10-15/h2-3,8,12,17H,4-7,9-10H2,1H3. The molecule has 0 saturated carbocycles. The van der Waals surface area contributed by atoms with Crippen LogP contribution in [0.15, 0.2) is 18.2 Å². The average Bonchev–Trinajstić information content (AvgIpc) is 2.81. The Balaban J connectivity index is 1.69. The molecule has 2 unspecified atom stereocenters. The van der Waals surface area contributed by atoms with Gasteiger partial charge < -0.3 is 14.8 Å². The highest BCUT2D eigenvalue weighted by Crippen LogP contribution is 2.34. The Hall–Kier alpha value is -1.13. The Labute approximate surface area is 113 Å². The maximum absolute atomic E-state index is 13.9. The molecule has 0 aromatic heterocycles. The second kappa shape index (κ2) is 5.10. The van der Waals surface area contributed by atoms with Crippen molar-refractivity contribution in [3.63, 3.8) is 0 Å². The molecule has 0 bridgehead atoms. The van der Waals surface area contributed by atoms with Crippen LogP contribution in [0.4, 0.5) is 10.1 Å². The minimum atomic E-state index is -0.178. The summed E-state index contributed by atoms with van der Waals surface area (Å²) in [5.74, 6) is -0.178. The van der Waals surface area contributed by atoms with Gasteiger partial charge in [0.15, 0.2) is 0 Å². The molecule has 2 saturated heterocycles. The summed E-state index contributed by atoms with van der Waals surface area (Å²) in [6.45, 7) is 4.05. The van der Waals surface area contributed by atoms with Crippen LogP contribution in [0.1, 0.15) is 24.8 Å². The normalized spacial score (nSPS) is 30.7. The van der Waals surface area contributed by atoms with E-state index in [2.05, 4.69) is 5.32 Å². The predicted molar refractivity (Wildman–Crippen MR) is 71.9 cm³/mol. The number of ether oxygens (including phenoxy) is 2. The molecule has 104 valence electrons. The van der Waals surface area contributed by atoms with E-state index < -0.39 is 0 Å². The van der Waals surface area contributed by atoms with Gasteiger partial charge >= 0.3 is 0 Å². The lowest BCUT2D eigenvalue weighted by atomic mass is 9.89. The fourth-order valence-corrected chi connectivity index (χ4v) is 2.97. The first-order chi connectivity index (χ1) is 9.17. The number of anilines is 1. The lowest BCUT2D eigenvalue weighted by molar-refractivity contribution is -0.0828. The summed E-state index contributed by atoms with van der Waals surface area (Å²) in [7, 11) is 0. The predicted octanol–water partition coefficient (Wildman–Crippen LogP) is 2.88. The molecule has 3 nitrogen and oxygen atoms in total. The first-order valence-electron chi connectivity index (χ1n) is 6.91. The van der Waals surface area contributed by atoms with Crippen molar-refractivity contribution in [1.82, 2.24) is 0 Å². The minimum Gasteiger partial charge on any atom is -0.380 e. The number of halogens is 1. The van der Waals surface area contributed by atoms with E-state index in [-0.39, 0.29) is 17.5 Å². The van der Waals surface area contributed by atoms with Crippen LogP contribution in [0, 0.1) is 12.7 Å². The average molecular weight is 265 g/mol. The van der Waals surface area contributed by atoms with E-state index in [0.717, 1.165) is 31.4 Å². The topological polar surface area (TPSA) is 30.5 Å². The van der Waals surface area contributed by atoms with Gasteiger partial charge in [0.05, 0.1) is 17.9 Å². The van der Waals surface area contributed by atoms with Gasteiger partial charge in [-0.2, -0.15) is 0 Å². The van der Waals surface area contributed by atoms with Gasteiger partial charge in [-0.25, -0.2) is 4.39 Å². The smallest absolute Gasteiger partial charge is 0.146 e. The minimum absolute atomic E-state index is 0.142. The van der Waals surface area contributed by atoms with Crippen LogP contribution in [0.3, 0.4) is 0 Å². The molecule has 2 aliphatic rings. The van der Waals surface area contributed by atoms with Crippen molar-refractivity contribution in [2.75, 3.05) is 25.1 Å². The van der Waals surface area contributed by atoms with Crippen LogP contribution in [0.25, 0.3) is 0 Å². The van der Waals surface area contributed by atoms with Crippen molar-refractivity contribution in [2.45, 2.75) is 37.8 Å². The van der Waals surface area contributed by atoms with Gasteiger partial charge in [0.1, 0.15) is 5.82 Å². The SMILES string of the molecule is Cc1ccc(NC2CCOC3(CCOC3)C2)c(F)c1. The fourth-order valence-electron chi connectivity index (χ4n) is 2.97. The fraction of sp³-hybridized carbons (Fsp3) is 0.600. The highest BCUT2D eigenvalue weighted by atomic mass is 19.1. The summed E-state index contributed by atoms with van der Waals surface area (Å²) in [6, 6.07) is 5.57. The Morgan fingerprint density at radius 2 is 2.26 bits per heavy atom. The highest BCUT2D eigenvalue weighted by molar-refractivity contribution is 5.47. The molecule has 19 heavy (non-hydrogen) atoms. The molecule has 2 fully saturated rings. The van der Waals surface area contributed by atoms with E-state index in [1.54, 1.807) is 6.07 Å². The summed E-state index contributed by atoms with van der Waals surface area (Å²) in [6.07, 6.45) is 2.75. The first kappa shape index (κ1) is 12.9. The van der Waals surface area contributed by atoms with Crippen molar-refractivity contribution < 1.29 is 13.9 Å². The van der Waals surface area contributed by atoms with Crippen LogP contribution >= 0.6 is 0 Å². The van der Waals surface area contributed by atoms with Crippen molar-refractivity contribution in [3.05, 3.63) is 29.6 Å². The van der Waals surface area contributed by atoms with Gasteiger partial charge in [-0.05, 0) is 37.5 Å². The molecule has 0 radical (unpaired) electrons. The number of aryl methyl sites for hydroxylation is 1. The van der Waals surface area contributed by atoms with Gasteiger partial charge in [0, 0.05) is 25.7 Å². The third-order valence-corrected chi connectivity index (χ3v) is 4.04. The zero-order valence-corrected chi connectivity index (χ0v) is 11.2. The van der Waals surface area contributed by atoms with E-state index in [1.165, 1.54) is 0 Å². The van der Waals surface area contributed by atoms with Gasteiger partial charge in [-0.1, -0.05) is 6.07 Å². The summed E-state index contributed by atoms with van der Waals surface area (Å²) in [5, 5.41) is 3.32. The van der Waals surface area contributed by atoms with Crippen LogP contribution < -0.4 is 5.32 Å². The molecule has 1 aromatic carbocycles. The molecule has 1 aromatic rings. The third kappa shape index (κ3) is 2.74. The molecule has 1 N–H and O–H groups in total. The van der Waals surface area contributed by atoms with Gasteiger partial charge in [-0.15, -0.1) is 0 Å². The van der Waals surface area contributed by atoms with Gasteiger partial charge in [0.2, 0.25) is 0 Å². The molecule has 0 aliphatic carbocycles. The summed E-state index contributed by atoms with van der Waals surface area (Å²) < 4.78 is 25.2. The van der Waals surface area contributed by atoms with Crippen LogP contribution in [-0.4, -0.2) is 31.5 Å². The molecule has 2 aliphatic heterocycles. The third-order valence-electron chi connectivity index (χ3n) is 4.04. The first-order valence-corrected chi connectivity index (χ1v) is 6.91. The van der Waals surface area contributed by atoms with Crippen molar-refractivity contribution in [1.29, 1.82) is 0 Å². The Bertz CT molecular complexity index is 457. The number of benzene rings is 1. The summed E-state index contributed by atoms with van der Waals surface area (Å²) in [5.41, 5.74) is 1.39. The van der Waals surface area contributed by atoms with E-state index in [9.17, 15) is 4.39 Å². The zero-order chi connectivity index (χ0) is 13.3. The Kier molecular flexibility index (Phi) is 3.46. The van der Waals surface area contributed by atoms with Gasteiger partial charge in [-0.3, -0.25) is 0 Å². The summed E-state index contributed by atoms with van der Waals surface area (Å²) >= 11 is 0. The Morgan fingerprint density at radius 1 is 1.37 bits per heavy atom. The molecule has 2 heterocycles. The quantitative estimate of drug-likeness (QED) is 0.892. The highest BCUT2D eigenvalue weighted by Gasteiger charge is 2.41. The van der Waals surface area contributed by atoms with Crippen LogP contribution in [-0.2, 0) is 9.47 Å². The van der Waals surface area contributed by atoms with Crippen molar-refractivity contribution in [3.8, 4) is 0 Å². The van der Waals surface area contributed by atoms with Crippen molar-refractivity contribution >= 4 is 5.69 Å². The Morgan fingerprint density at radius 3 is 3.00 bits per heavy atom. The van der Waals surface area contributed by atoms with Crippen LogP contribution in [0.5, 0.6) is 0 Å². The molecule has 2 atom stereocenters. The molecule has 1 spiro atoms.